The molecule has 0 heterocycles. The van der Waals surface area contributed by atoms with E-state index in [4.69, 9.17) is 9.47 Å². The van der Waals surface area contributed by atoms with E-state index in [0.717, 1.165) is 17.9 Å². The van der Waals surface area contributed by atoms with Gasteiger partial charge < -0.3 is 25.0 Å². The minimum Gasteiger partial charge on any atom is -0.493 e. The number of benzene rings is 2. The van der Waals surface area contributed by atoms with E-state index < -0.39 is 0 Å². The van der Waals surface area contributed by atoms with Gasteiger partial charge in [-0.25, -0.2) is 0 Å². The van der Waals surface area contributed by atoms with Gasteiger partial charge in [-0.1, -0.05) is 18.2 Å². The van der Waals surface area contributed by atoms with Gasteiger partial charge in [-0.3, -0.25) is 4.99 Å². The molecular weight excluding hydrogens is 340 g/mol. The molecule has 2 aromatic carbocycles. The lowest BCUT2D eigenvalue weighted by atomic mass is 10.2. The van der Waals surface area contributed by atoms with Gasteiger partial charge in [0.1, 0.15) is 5.75 Å². The van der Waals surface area contributed by atoms with E-state index in [0.29, 0.717) is 25.7 Å². The zero-order valence-corrected chi connectivity index (χ0v) is 16.7. The van der Waals surface area contributed by atoms with E-state index in [9.17, 15) is 0 Å². The van der Waals surface area contributed by atoms with Gasteiger partial charge in [-0.15, -0.1) is 0 Å². The predicted molar refractivity (Wildman–Crippen MR) is 113 cm³/mol. The minimum atomic E-state index is 0.631. The third-order valence-corrected chi connectivity index (χ3v) is 3.97. The molecule has 0 bridgehead atoms. The van der Waals surface area contributed by atoms with Gasteiger partial charge in [-0.2, -0.15) is 0 Å². The van der Waals surface area contributed by atoms with Gasteiger partial charge in [0.05, 0.1) is 6.61 Å². The zero-order chi connectivity index (χ0) is 19.5. The quantitative estimate of drug-likeness (QED) is 0.403. The predicted octanol–water partition coefficient (Wildman–Crippen LogP) is 3.36. The number of methoxy groups -OCH3 is 1. The molecule has 2 rings (SSSR count). The Morgan fingerprint density at radius 1 is 1.07 bits per heavy atom. The van der Waals surface area contributed by atoms with Crippen molar-refractivity contribution in [1.29, 1.82) is 0 Å². The standard InChI is InChI=1S/C21H30N4O2/c1-22-21(23-16-17-8-5-10-19(14-17)25(2)3)24-18-9-6-11-20(15-18)27-13-7-12-26-4/h5-6,8-11,14-15H,7,12-13,16H2,1-4H3,(H2,22,23,24). The minimum absolute atomic E-state index is 0.631. The Bertz CT molecular complexity index is 732. The molecule has 146 valence electrons. The van der Waals surface area contributed by atoms with Gasteiger partial charge in [0.15, 0.2) is 5.96 Å². The summed E-state index contributed by atoms with van der Waals surface area (Å²) in [7, 11) is 7.53. The summed E-state index contributed by atoms with van der Waals surface area (Å²) in [5.74, 6) is 1.53. The third-order valence-electron chi connectivity index (χ3n) is 3.97. The molecular formula is C21H30N4O2. The number of anilines is 2. The molecule has 0 aromatic heterocycles. The maximum absolute atomic E-state index is 5.74. The Balaban J connectivity index is 1.90. The van der Waals surface area contributed by atoms with Crippen LogP contribution in [0.15, 0.2) is 53.5 Å². The molecule has 2 N–H and O–H groups in total. The first-order chi connectivity index (χ1) is 13.1. The third kappa shape index (κ3) is 7.19. The Morgan fingerprint density at radius 2 is 1.89 bits per heavy atom. The molecule has 0 amide bonds. The summed E-state index contributed by atoms with van der Waals surface area (Å²) in [6, 6.07) is 16.3. The highest BCUT2D eigenvalue weighted by Gasteiger charge is 2.03. The molecule has 0 saturated heterocycles. The summed E-state index contributed by atoms with van der Waals surface area (Å²) in [6.45, 7) is 2.02. The van der Waals surface area contributed by atoms with Crippen molar-refractivity contribution in [3.8, 4) is 5.75 Å². The number of nitrogens with zero attached hydrogens (tertiary/aromatic N) is 2. The SMILES string of the molecule is CN=C(NCc1cccc(N(C)C)c1)Nc1cccc(OCCCOC)c1. The molecule has 0 unspecified atom stereocenters. The summed E-state index contributed by atoms with van der Waals surface area (Å²) in [4.78, 5) is 6.39. The van der Waals surface area contributed by atoms with Crippen molar-refractivity contribution in [3.63, 3.8) is 0 Å². The van der Waals surface area contributed by atoms with Crippen LogP contribution in [0.2, 0.25) is 0 Å². The lowest BCUT2D eigenvalue weighted by molar-refractivity contribution is 0.172. The van der Waals surface area contributed by atoms with Gasteiger partial charge >= 0.3 is 0 Å². The molecule has 0 saturated carbocycles. The number of hydrogen-bond acceptors (Lipinski definition) is 4. The Kier molecular flexibility index (Phi) is 8.45. The smallest absolute Gasteiger partial charge is 0.195 e. The molecule has 0 aliphatic heterocycles. The number of guanidine groups is 1. The highest BCUT2D eigenvalue weighted by molar-refractivity contribution is 5.93. The van der Waals surface area contributed by atoms with Crippen molar-refractivity contribution in [3.05, 3.63) is 54.1 Å². The maximum atomic E-state index is 5.74. The van der Waals surface area contributed by atoms with E-state index >= 15 is 0 Å². The topological polar surface area (TPSA) is 58.1 Å². The summed E-state index contributed by atoms with van der Waals surface area (Å²) in [5, 5.41) is 6.64. The van der Waals surface area contributed by atoms with Crippen LogP contribution in [-0.4, -0.2) is 47.4 Å². The fraction of sp³-hybridized carbons (Fsp3) is 0.381. The summed E-state index contributed by atoms with van der Waals surface area (Å²) < 4.78 is 10.8. The number of aliphatic imine (C=N–C) groups is 1. The van der Waals surface area contributed by atoms with Crippen LogP contribution >= 0.6 is 0 Å². The van der Waals surface area contributed by atoms with Gasteiger partial charge in [0, 0.05) is 65.3 Å². The van der Waals surface area contributed by atoms with Crippen LogP contribution < -0.4 is 20.3 Å². The number of rotatable bonds is 9. The van der Waals surface area contributed by atoms with E-state index in [1.165, 1.54) is 11.3 Å². The number of ether oxygens (including phenoxy) is 2. The summed E-state index contributed by atoms with van der Waals surface area (Å²) in [6.07, 6.45) is 0.864. The normalized spacial score (nSPS) is 11.2. The molecule has 27 heavy (non-hydrogen) atoms. The first kappa shape index (κ1) is 20.6. The first-order valence-corrected chi connectivity index (χ1v) is 9.08. The Labute approximate surface area is 162 Å². The molecule has 2 aromatic rings. The molecule has 0 radical (unpaired) electrons. The molecule has 0 fully saturated rings. The van der Waals surface area contributed by atoms with Crippen LogP contribution in [0.1, 0.15) is 12.0 Å². The molecule has 6 nitrogen and oxygen atoms in total. The van der Waals surface area contributed by atoms with Gasteiger partial charge in [-0.05, 0) is 29.8 Å². The molecule has 0 spiro atoms. The highest BCUT2D eigenvalue weighted by atomic mass is 16.5. The lowest BCUT2D eigenvalue weighted by Crippen LogP contribution is -2.30. The molecule has 0 atom stereocenters. The van der Waals surface area contributed by atoms with Crippen LogP contribution in [0.5, 0.6) is 5.75 Å². The largest absolute Gasteiger partial charge is 0.493 e. The van der Waals surface area contributed by atoms with Crippen LogP contribution in [0, 0.1) is 0 Å². The van der Waals surface area contributed by atoms with Crippen LogP contribution in [0.4, 0.5) is 11.4 Å². The van der Waals surface area contributed by atoms with Crippen LogP contribution in [-0.2, 0) is 11.3 Å². The van der Waals surface area contributed by atoms with Crippen molar-refractivity contribution in [2.24, 2.45) is 4.99 Å². The second-order valence-electron chi connectivity index (χ2n) is 6.34. The Morgan fingerprint density at radius 3 is 2.63 bits per heavy atom. The van der Waals surface area contributed by atoms with Crippen molar-refractivity contribution in [2.45, 2.75) is 13.0 Å². The van der Waals surface area contributed by atoms with E-state index in [1.54, 1.807) is 14.2 Å². The van der Waals surface area contributed by atoms with Crippen molar-refractivity contribution >= 4 is 17.3 Å². The van der Waals surface area contributed by atoms with Crippen LogP contribution in [0.3, 0.4) is 0 Å². The average molecular weight is 370 g/mol. The molecule has 6 heteroatoms. The first-order valence-electron chi connectivity index (χ1n) is 9.08. The van der Waals surface area contributed by atoms with Crippen molar-refractivity contribution < 1.29 is 9.47 Å². The summed E-state index contributed by atoms with van der Waals surface area (Å²) in [5.41, 5.74) is 3.30. The van der Waals surface area contributed by atoms with Gasteiger partial charge in [0.2, 0.25) is 0 Å². The number of hydrogen-bond donors (Lipinski definition) is 2. The highest BCUT2D eigenvalue weighted by Crippen LogP contribution is 2.18. The van der Waals surface area contributed by atoms with Crippen molar-refractivity contribution in [1.82, 2.24) is 5.32 Å². The van der Waals surface area contributed by atoms with Crippen LogP contribution in [0.25, 0.3) is 0 Å². The second-order valence-corrected chi connectivity index (χ2v) is 6.34. The van der Waals surface area contributed by atoms with Crippen molar-refractivity contribution in [2.75, 3.05) is 51.7 Å². The maximum Gasteiger partial charge on any atom is 0.195 e. The van der Waals surface area contributed by atoms with Gasteiger partial charge in [0.25, 0.3) is 0 Å². The van der Waals surface area contributed by atoms with E-state index in [1.807, 2.05) is 38.4 Å². The molecule has 0 aliphatic rings. The number of nitrogens with one attached hydrogen (secondary N) is 2. The fourth-order valence-corrected chi connectivity index (χ4v) is 2.50. The average Bonchev–Trinajstić information content (AvgIpc) is 2.69. The Hall–Kier alpha value is -2.73. The second kappa shape index (κ2) is 11.1. The monoisotopic (exact) mass is 370 g/mol. The zero-order valence-electron chi connectivity index (χ0n) is 16.7. The lowest BCUT2D eigenvalue weighted by Gasteiger charge is -2.15. The summed E-state index contributed by atoms with van der Waals surface area (Å²) >= 11 is 0. The van der Waals surface area contributed by atoms with E-state index in [-0.39, 0.29) is 0 Å². The molecule has 0 aliphatic carbocycles. The fourth-order valence-electron chi connectivity index (χ4n) is 2.50. The van der Waals surface area contributed by atoms with E-state index in [2.05, 4.69) is 44.8 Å².